The number of carbonyl (C=O) groups is 1. The number of benzene rings is 1. The predicted molar refractivity (Wildman–Crippen MR) is 82.0 cm³/mol. The van der Waals surface area contributed by atoms with Gasteiger partial charge in [0.25, 0.3) is 0 Å². The Labute approximate surface area is 124 Å². The first-order valence-corrected chi connectivity index (χ1v) is 6.93. The number of carboxylic acids is 1. The molecule has 2 aromatic rings. The van der Waals surface area contributed by atoms with Crippen LogP contribution in [0.2, 0.25) is 0 Å². The Morgan fingerprint density at radius 1 is 1.19 bits per heavy atom. The number of rotatable bonds is 6. The summed E-state index contributed by atoms with van der Waals surface area (Å²) in [6.45, 7) is 3.98. The van der Waals surface area contributed by atoms with Gasteiger partial charge in [0, 0.05) is 5.56 Å². The fourth-order valence-corrected chi connectivity index (χ4v) is 2.03. The van der Waals surface area contributed by atoms with E-state index in [1.807, 2.05) is 44.2 Å². The maximum Gasteiger partial charge on any atom is 0.326 e. The summed E-state index contributed by atoms with van der Waals surface area (Å²) in [5, 5.41) is 12.1. The molecule has 0 bridgehead atoms. The fourth-order valence-electron chi connectivity index (χ4n) is 2.03. The van der Waals surface area contributed by atoms with Crippen molar-refractivity contribution in [2.45, 2.75) is 26.3 Å². The zero-order valence-electron chi connectivity index (χ0n) is 12.2. The summed E-state index contributed by atoms with van der Waals surface area (Å²) in [7, 11) is 0. The molecule has 0 aliphatic rings. The topological polar surface area (TPSA) is 75.1 Å². The van der Waals surface area contributed by atoms with Gasteiger partial charge in [0.2, 0.25) is 0 Å². The average Bonchev–Trinajstić information content (AvgIpc) is 2.48. The lowest BCUT2D eigenvalue weighted by Gasteiger charge is -2.16. The van der Waals surface area contributed by atoms with E-state index in [-0.39, 0.29) is 5.92 Å². The summed E-state index contributed by atoms with van der Waals surface area (Å²) < 4.78 is 0. The summed E-state index contributed by atoms with van der Waals surface area (Å²) in [5.74, 6) is -0.115. The van der Waals surface area contributed by atoms with Crippen LogP contribution in [0.1, 0.15) is 20.3 Å². The van der Waals surface area contributed by atoms with Gasteiger partial charge in [-0.15, -0.1) is 0 Å². The van der Waals surface area contributed by atoms with Gasteiger partial charge in [-0.25, -0.2) is 9.78 Å². The van der Waals surface area contributed by atoms with Gasteiger partial charge >= 0.3 is 5.97 Å². The number of aliphatic carboxylic acids is 1. The van der Waals surface area contributed by atoms with Crippen molar-refractivity contribution in [2.24, 2.45) is 5.92 Å². The number of aromatic nitrogens is 2. The minimum Gasteiger partial charge on any atom is -0.480 e. The highest BCUT2D eigenvalue weighted by Crippen LogP contribution is 2.17. The Bertz CT molecular complexity index is 582. The first kappa shape index (κ1) is 15.0. The molecule has 21 heavy (non-hydrogen) atoms. The van der Waals surface area contributed by atoms with Gasteiger partial charge in [0.1, 0.15) is 11.9 Å². The molecule has 0 amide bonds. The smallest absolute Gasteiger partial charge is 0.326 e. The Morgan fingerprint density at radius 3 is 2.43 bits per heavy atom. The number of hydrogen-bond donors (Lipinski definition) is 2. The Kier molecular flexibility index (Phi) is 4.87. The maximum atomic E-state index is 11.2. The van der Waals surface area contributed by atoms with Crippen LogP contribution in [0.5, 0.6) is 0 Å². The van der Waals surface area contributed by atoms with E-state index in [1.165, 1.54) is 0 Å². The van der Waals surface area contributed by atoms with Gasteiger partial charge in [-0.1, -0.05) is 44.2 Å². The van der Waals surface area contributed by atoms with E-state index < -0.39 is 12.0 Å². The summed E-state index contributed by atoms with van der Waals surface area (Å²) in [6.07, 6.45) is 3.75. The van der Waals surface area contributed by atoms with Gasteiger partial charge in [-0.05, 0) is 12.3 Å². The predicted octanol–water partition coefficient (Wildman–Crippen LogP) is 3.05. The number of hydrogen-bond acceptors (Lipinski definition) is 4. The van der Waals surface area contributed by atoms with Crippen LogP contribution in [0.3, 0.4) is 0 Å². The van der Waals surface area contributed by atoms with Gasteiger partial charge < -0.3 is 10.4 Å². The van der Waals surface area contributed by atoms with Crippen LogP contribution < -0.4 is 5.32 Å². The normalized spacial score (nSPS) is 12.1. The van der Waals surface area contributed by atoms with Gasteiger partial charge in [-0.3, -0.25) is 4.98 Å². The SMILES string of the molecule is CC(C)CC(Nc1cnc(-c2ccccc2)cn1)C(=O)O. The molecular weight excluding hydrogens is 266 g/mol. The van der Waals surface area contributed by atoms with Gasteiger partial charge in [0.05, 0.1) is 18.1 Å². The Balaban J connectivity index is 2.10. The third-order valence-corrected chi connectivity index (χ3v) is 3.05. The van der Waals surface area contributed by atoms with Crippen LogP contribution in [0.15, 0.2) is 42.7 Å². The molecule has 1 aromatic heterocycles. The summed E-state index contributed by atoms with van der Waals surface area (Å²) in [5.41, 5.74) is 1.74. The summed E-state index contributed by atoms with van der Waals surface area (Å²) in [4.78, 5) is 19.8. The second kappa shape index (κ2) is 6.83. The number of nitrogens with one attached hydrogen (secondary N) is 1. The third-order valence-electron chi connectivity index (χ3n) is 3.05. The van der Waals surface area contributed by atoms with Crippen molar-refractivity contribution >= 4 is 11.8 Å². The molecule has 0 aliphatic carbocycles. The lowest BCUT2D eigenvalue weighted by molar-refractivity contribution is -0.138. The zero-order chi connectivity index (χ0) is 15.2. The highest BCUT2D eigenvalue weighted by molar-refractivity contribution is 5.76. The van der Waals surface area contributed by atoms with E-state index in [4.69, 9.17) is 0 Å². The zero-order valence-corrected chi connectivity index (χ0v) is 12.2. The molecule has 1 aromatic carbocycles. The molecule has 0 radical (unpaired) electrons. The maximum absolute atomic E-state index is 11.2. The van der Waals surface area contributed by atoms with Crippen molar-refractivity contribution in [2.75, 3.05) is 5.32 Å². The Morgan fingerprint density at radius 2 is 1.90 bits per heavy atom. The molecule has 0 saturated carbocycles. The van der Waals surface area contributed by atoms with Crippen molar-refractivity contribution in [1.29, 1.82) is 0 Å². The summed E-state index contributed by atoms with van der Waals surface area (Å²) >= 11 is 0. The monoisotopic (exact) mass is 285 g/mol. The van der Waals surface area contributed by atoms with Gasteiger partial charge in [0.15, 0.2) is 0 Å². The second-order valence-corrected chi connectivity index (χ2v) is 5.32. The highest BCUT2D eigenvalue weighted by Gasteiger charge is 2.19. The van der Waals surface area contributed by atoms with Crippen molar-refractivity contribution in [1.82, 2.24) is 9.97 Å². The largest absolute Gasteiger partial charge is 0.480 e. The lowest BCUT2D eigenvalue weighted by atomic mass is 10.0. The first-order chi connectivity index (χ1) is 10.1. The standard InChI is InChI=1S/C16H19N3O2/c1-11(2)8-13(16(20)21)19-15-10-17-14(9-18-15)12-6-4-3-5-7-12/h3-7,9-11,13H,8H2,1-2H3,(H,18,19)(H,20,21). The molecule has 0 saturated heterocycles. The highest BCUT2D eigenvalue weighted by atomic mass is 16.4. The molecule has 0 spiro atoms. The van der Waals surface area contributed by atoms with E-state index >= 15 is 0 Å². The lowest BCUT2D eigenvalue weighted by Crippen LogP contribution is -2.31. The van der Waals surface area contributed by atoms with Gasteiger partial charge in [-0.2, -0.15) is 0 Å². The van der Waals surface area contributed by atoms with Crippen LogP contribution in [0, 0.1) is 5.92 Å². The molecule has 0 aliphatic heterocycles. The molecule has 1 unspecified atom stereocenters. The minimum atomic E-state index is -0.877. The van der Waals surface area contributed by atoms with Crippen LogP contribution in [-0.4, -0.2) is 27.1 Å². The second-order valence-electron chi connectivity index (χ2n) is 5.32. The number of anilines is 1. The van der Waals surface area contributed by atoms with Crippen molar-refractivity contribution in [3.05, 3.63) is 42.7 Å². The van der Waals surface area contributed by atoms with Crippen LogP contribution >= 0.6 is 0 Å². The average molecular weight is 285 g/mol. The third kappa shape index (κ3) is 4.27. The van der Waals surface area contributed by atoms with E-state index in [9.17, 15) is 9.90 Å². The molecule has 1 atom stereocenters. The fraction of sp³-hybridized carbons (Fsp3) is 0.312. The van der Waals surface area contributed by atoms with Crippen LogP contribution in [0.4, 0.5) is 5.82 Å². The Hall–Kier alpha value is -2.43. The number of nitrogens with zero attached hydrogens (tertiary/aromatic N) is 2. The molecule has 110 valence electrons. The molecule has 5 nitrogen and oxygen atoms in total. The molecule has 1 heterocycles. The van der Waals surface area contributed by atoms with Crippen molar-refractivity contribution in [3.63, 3.8) is 0 Å². The first-order valence-electron chi connectivity index (χ1n) is 6.93. The minimum absolute atomic E-state index is 0.287. The quantitative estimate of drug-likeness (QED) is 0.853. The molecule has 2 N–H and O–H groups in total. The van der Waals surface area contributed by atoms with E-state index in [0.29, 0.717) is 12.2 Å². The van der Waals surface area contributed by atoms with E-state index in [1.54, 1.807) is 12.4 Å². The number of carboxylic acid groups (broad SMARTS) is 1. The molecule has 2 rings (SSSR count). The molecule has 0 fully saturated rings. The molecule has 5 heteroatoms. The van der Waals surface area contributed by atoms with E-state index in [0.717, 1.165) is 11.3 Å². The van der Waals surface area contributed by atoms with Crippen molar-refractivity contribution < 1.29 is 9.90 Å². The van der Waals surface area contributed by atoms with E-state index in [2.05, 4.69) is 15.3 Å². The van der Waals surface area contributed by atoms with Crippen LogP contribution in [-0.2, 0) is 4.79 Å². The molecular formula is C16H19N3O2. The summed E-state index contributed by atoms with van der Waals surface area (Å²) in [6, 6.07) is 9.07. The van der Waals surface area contributed by atoms with Crippen LogP contribution in [0.25, 0.3) is 11.3 Å². The van der Waals surface area contributed by atoms with Crippen molar-refractivity contribution in [3.8, 4) is 11.3 Å².